The lowest BCUT2D eigenvalue weighted by atomic mass is 10.1. The average Bonchev–Trinajstić information content (AvgIpc) is 3.10. The van der Waals surface area contributed by atoms with Crippen molar-refractivity contribution in [1.29, 1.82) is 5.26 Å². The van der Waals surface area contributed by atoms with Crippen molar-refractivity contribution in [2.75, 3.05) is 5.32 Å². The molecule has 0 fully saturated rings. The summed E-state index contributed by atoms with van der Waals surface area (Å²) in [7, 11) is 0. The van der Waals surface area contributed by atoms with Crippen LogP contribution in [0, 0.1) is 18.3 Å². The lowest BCUT2D eigenvalue weighted by molar-refractivity contribution is -0.115. The highest BCUT2D eigenvalue weighted by Crippen LogP contribution is 2.17. The molecule has 0 saturated carbocycles. The Morgan fingerprint density at radius 3 is 2.63 bits per heavy atom. The molecular weight excluding hydrogens is 358 g/mol. The molecule has 27 heavy (non-hydrogen) atoms. The predicted octanol–water partition coefficient (Wildman–Crippen LogP) is 4.28. The maximum absolute atomic E-state index is 12.2. The number of rotatable bonds is 7. The molecule has 1 aromatic heterocycles. The first-order chi connectivity index (χ1) is 13.1. The minimum atomic E-state index is -0.126. The van der Waals surface area contributed by atoms with Gasteiger partial charge in [-0.3, -0.25) is 4.79 Å². The zero-order valence-corrected chi connectivity index (χ0v) is 15.8. The van der Waals surface area contributed by atoms with E-state index in [1.165, 1.54) is 16.9 Å². The maximum Gasteiger partial charge on any atom is 0.230 e. The number of nitrogens with zero attached hydrogens (tertiary/aromatic N) is 2. The number of aromatic nitrogens is 1. The number of ether oxygens (including phenoxy) is 1. The molecule has 6 heteroatoms. The molecule has 0 spiro atoms. The maximum atomic E-state index is 12.2. The lowest BCUT2D eigenvalue weighted by Gasteiger charge is -2.05. The molecule has 1 N–H and O–H groups in total. The Bertz CT molecular complexity index is 941. The van der Waals surface area contributed by atoms with Crippen molar-refractivity contribution < 1.29 is 9.53 Å². The van der Waals surface area contributed by atoms with Gasteiger partial charge < -0.3 is 10.1 Å². The minimum Gasteiger partial charge on any atom is -0.486 e. The number of aryl methyl sites for hydroxylation is 1. The van der Waals surface area contributed by atoms with Crippen molar-refractivity contribution in [1.82, 2.24) is 4.98 Å². The van der Waals surface area contributed by atoms with Gasteiger partial charge >= 0.3 is 0 Å². The number of hydrogen-bond donors (Lipinski definition) is 1. The summed E-state index contributed by atoms with van der Waals surface area (Å²) in [5.74, 6) is 0.675. The smallest absolute Gasteiger partial charge is 0.230 e. The summed E-state index contributed by atoms with van der Waals surface area (Å²) >= 11 is 1.48. The number of benzene rings is 2. The van der Waals surface area contributed by atoms with Gasteiger partial charge in [-0.25, -0.2) is 4.98 Å². The summed E-state index contributed by atoms with van der Waals surface area (Å²) in [4.78, 5) is 16.6. The van der Waals surface area contributed by atoms with Gasteiger partial charge in [0.05, 0.1) is 24.6 Å². The van der Waals surface area contributed by atoms with Gasteiger partial charge in [-0.2, -0.15) is 5.26 Å². The second-order valence-electron chi connectivity index (χ2n) is 6.09. The van der Waals surface area contributed by atoms with Crippen molar-refractivity contribution in [2.45, 2.75) is 26.4 Å². The van der Waals surface area contributed by atoms with Crippen LogP contribution in [0.2, 0.25) is 0 Å². The van der Waals surface area contributed by atoms with Crippen molar-refractivity contribution in [2.24, 2.45) is 0 Å². The fourth-order valence-electron chi connectivity index (χ4n) is 2.44. The molecule has 1 heterocycles. The molecular formula is C21H19N3O2S. The number of thiazole rings is 1. The SMILES string of the molecule is Cc1ccc(OCc2nc(CC(=O)Nc3ccc(CC#N)cc3)cs2)cc1. The molecule has 0 aliphatic heterocycles. The van der Waals surface area contributed by atoms with E-state index in [-0.39, 0.29) is 12.3 Å². The molecule has 0 bridgehead atoms. The monoisotopic (exact) mass is 377 g/mol. The molecule has 0 aliphatic carbocycles. The van der Waals surface area contributed by atoms with Crippen molar-refractivity contribution in [3.05, 3.63) is 75.7 Å². The molecule has 0 saturated heterocycles. The molecule has 0 unspecified atom stereocenters. The first kappa shape index (κ1) is 18.6. The highest BCUT2D eigenvalue weighted by atomic mass is 32.1. The van der Waals surface area contributed by atoms with Crippen molar-refractivity contribution in [3.63, 3.8) is 0 Å². The van der Waals surface area contributed by atoms with Gasteiger partial charge in [0.15, 0.2) is 0 Å². The Hall–Kier alpha value is -3.17. The fourth-order valence-corrected chi connectivity index (χ4v) is 3.15. The van der Waals surface area contributed by atoms with E-state index in [4.69, 9.17) is 10.00 Å². The highest BCUT2D eigenvalue weighted by molar-refractivity contribution is 7.09. The van der Waals surface area contributed by atoms with E-state index < -0.39 is 0 Å². The molecule has 0 aliphatic rings. The van der Waals surface area contributed by atoms with Gasteiger partial charge in [-0.15, -0.1) is 11.3 Å². The Morgan fingerprint density at radius 2 is 1.93 bits per heavy atom. The molecule has 2 aromatic carbocycles. The van der Waals surface area contributed by atoms with Gasteiger partial charge in [-0.1, -0.05) is 29.8 Å². The number of carbonyl (C=O) groups is 1. The van der Waals surface area contributed by atoms with Gasteiger partial charge in [0.2, 0.25) is 5.91 Å². The largest absolute Gasteiger partial charge is 0.486 e. The van der Waals surface area contributed by atoms with E-state index in [1.54, 1.807) is 12.1 Å². The van der Waals surface area contributed by atoms with E-state index >= 15 is 0 Å². The summed E-state index contributed by atoms with van der Waals surface area (Å²) in [6, 6.07) is 17.2. The predicted molar refractivity (Wildman–Crippen MR) is 106 cm³/mol. The van der Waals surface area contributed by atoms with Crippen molar-refractivity contribution >= 4 is 22.9 Å². The summed E-state index contributed by atoms with van der Waals surface area (Å²) < 4.78 is 5.72. The van der Waals surface area contributed by atoms with E-state index in [1.807, 2.05) is 48.7 Å². The van der Waals surface area contributed by atoms with Crippen LogP contribution in [0.25, 0.3) is 0 Å². The third kappa shape index (κ3) is 5.66. The number of nitriles is 1. The average molecular weight is 377 g/mol. The number of anilines is 1. The van der Waals surface area contributed by atoms with Crippen LogP contribution in [0.5, 0.6) is 5.75 Å². The summed E-state index contributed by atoms with van der Waals surface area (Å²) in [5, 5.41) is 14.2. The van der Waals surface area contributed by atoms with Gasteiger partial charge in [0.25, 0.3) is 0 Å². The van der Waals surface area contributed by atoms with Crippen LogP contribution in [0.15, 0.2) is 53.9 Å². The summed E-state index contributed by atoms with van der Waals surface area (Å²) in [6.45, 7) is 2.41. The van der Waals surface area contributed by atoms with Gasteiger partial charge in [0.1, 0.15) is 17.4 Å². The number of amides is 1. The molecule has 0 radical (unpaired) electrons. The molecule has 5 nitrogen and oxygen atoms in total. The Kier molecular flexibility index (Phi) is 6.18. The summed E-state index contributed by atoms with van der Waals surface area (Å²) in [5.41, 5.74) is 3.54. The lowest BCUT2D eigenvalue weighted by Crippen LogP contribution is -2.14. The Morgan fingerprint density at radius 1 is 1.19 bits per heavy atom. The Labute approximate surface area is 162 Å². The topological polar surface area (TPSA) is 75.0 Å². The van der Waals surface area contributed by atoms with Crippen LogP contribution in [0.3, 0.4) is 0 Å². The normalized spacial score (nSPS) is 10.2. The highest BCUT2D eigenvalue weighted by Gasteiger charge is 2.09. The molecule has 3 aromatic rings. The van der Waals surface area contributed by atoms with Crippen LogP contribution in [0.1, 0.15) is 21.8 Å². The van der Waals surface area contributed by atoms with E-state index in [2.05, 4.69) is 16.4 Å². The van der Waals surface area contributed by atoms with E-state index in [0.29, 0.717) is 18.7 Å². The third-order valence-electron chi connectivity index (χ3n) is 3.85. The summed E-state index contributed by atoms with van der Waals surface area (Å²) in [6.07, 6.45) is 0.571. The molecule has 1 amide bonds. The first-order valence-corrected chi connectivity index (χ1v) is 9.39. The van der Waals surface area contributed by atoms with Crippen LogP contribution < -0.4 is 10.1 Å². The van der Waals surface area contributed by atoms with E-state index in [9.17, 15) is 4.79 Å². The third-order valence-corrected chi connectivity index (χ3v) is 4.72. The van der Waals surface area contributed by atoms with Crippen LogP contribution in [-0.2, 0) is 24.2 Å². The quantitative estimate of drug-likeness (QED) is 0.667. The number of carbonyl (C=O) groups excluding carboxylic acids is 1. The second-order valence-corrected chi connectivity index (χ2v) is 7.03. The first-order valence-electron chi connectivity index (χ1n) is 8.51. The zero-order chi connectivity index (χ0) is 19.1. The number of hydrogen-bond acceptors (Lipinski definition) is 5. The molecule has 136 valence electrons. The van der Waals surface area contributed by atoms with Crippen molar-refractivity contribution in [3.8, 4) is 11.8 Å². The molecule has 0 atom stereocenters. The van der Waals surface area contributed by atoms with Crippen LogP contribution in [0.4, 0.5) is 5.69 Å². The number of nitrogens with one attached hydrogen (secondary N) is 1. The fraction of sp³-hybridized carbons (Fsp3) is 0.190. The standard InChI is InChI=1S/C21H19N3O2S/c1-15-2-8-19(9-3-15)26-13-21-24-18(14-27-21)12-20(25)23-17-6-4-16(5-7-17)10-11-22/h2-9,14H,10,12-13H2,1H3,(H,23,25). The van der Waals surface area contributed by atoms with Crippen LogP contribution >= 0.6 is 11.3 Å². The van der Waals surface area contributed by atoms with E-state index in [0.717, 1.165) is 22.0 Å². The zero-order valence-electron chi connectivity index (χ0n) is 14.9. The molecule has 3 rings (SSSR count). The van der Waals surface area contributed by atoms with Gasteiger partial charge in [0, 0.05) is 11.1 Å². The van der Waals surface area contributed by atoms with Gasteiger partial charge in [-0.05, 0) is 36.8 Å². The minimum absolute atomic E-state index is 0.126. The Balaban J connectivity index is 1.50. The van der Waals surface area contributed by atoms with Crippen LogP contribution in [-0.4, -0.2) is 10.9 Å². The second kappa shape index (κ2) is 8.97.